The molecule has 252 valence electrons. The van der Waals surface area contributed by atoms with E-state index in [2.05, 4.69) is 19.9 Å². The summed E-state index contributed by atoms with van der Waals surface area (Å²) in [5.41, 5.74) is -4.60. The molecule has 0 bridgehead atoms. The van der Waals surface area contributed by atoms with Crippen LogP contribution < -0.4 is 30.6 Å². The normalized spacial score (nSPS) is 15.0. The number of carbonyl (C=O) groups is 1. The number of carbonyl (C=O) groups excluding carboxylic acids is 1. The average Bonchev–Trinajstić information content (AvgIpc) is 2.94. The second-order valence-electron chi connectivity index (χ2n) is 10.4. The Kier molecular flexibility index (Phi) is 21.2. The van der Waals surface area contributed by atoms with Gasteiger partial charge in [-0.15, -0.1) is 0 Å². The molecule has 0 unspecified atom stereocenters. The van der Waals surface area contributed by atoms with Gasteiger partial charge in [0.15, 0.2) is 0 Å². The molecule has 46 heavy (non-hydrogen) atoms. The number of carboxylic acid groups (broad SMARTS) is 2. The molecule has 0 saturated carbocycles. The van der Waals surface area contributed by atoms with Gasteiger partial charge in [0.2, 0.25) is 0 Å². The number of pyridine rings is 4. The third-order valence-corrected chi connectivity index (χ3v) is 6.18. The summed E-state index contributed by atoms with van der Waals surface area (Å²) in [7, 11) is 0. The van der Waals surface area contributed by atoms with E-state index in [0.29, 0.717) is 22.8 Å². The summed E-state index contributed by atoms with van der Waals surface area (Å²) in [6.07, 6.45) is 3.72. The van der Waals surface area contributed by atoms with Crippen LogP contribution in [0.1, 0.15) is 63.3 Å². The number of hydrogen-bond donors (Lipinski definition) is 0. The fourth-order valence-corrected chi connectivity index (χ4v) is 4.35. The monoisotopic (exact) mass is 726 g/mol. The zero-order chi connectivity index (χ0) is 31.4. The van der Waals surface area contributed by atoms with Gasteiger partial charge in [0.05, 0.1) is 0 Å². The van der Waals surface area contributed by atoms with Gasteiger partial charge in [0.25, 0.3) is 0 Å². The molecule has 4 atom stereocenters. The van der Waals surface area contributed by atoms with Crippen LogP contribution in [0.2, 0.25) is 0 Å². The molecule has 4 aromatic heterocycles. The summed E-state index contributed by atoms with van der Waals surface area (Å²) in [4.78, 5) is 24.6. The van der Waals surface area contributed by atoms with Crippen LogP contribution in [0.3, 0.4) is 0 Å². The van der Waals surface area contributed by atoms with E-state index in [9.17, 15) is 20.4 Å². The van der Waals surface area contributed by atoms with Crippen LogP contribution in [0, 0.1) is 0 Å². The fraction of sp³-hybridized carbons (Fsp3) is 0.323. The largest absolute Gasteiger partial charge is 3.00 e. The standard InChI is InChI=1S/2C15H16N2O2.CH2O3.2Co.2H2O/c2*1-14(18,12-7-3-5-9-16-12)11-15(2,19)13-8-4-6-10-17-13;2-1(3)4;;;;/h2*3-10H,11H2,1-2H3;(H2,2,3,4);;;2*1H2/q2*-2;;2*+3;;/p-2/t2*14-,15+;;;;;. The minimum atomic E-state index is -2.33. The Morgan fingerprint density at radius 1 is 0.500 bits per heavy atom. The summed E-state index contributed by atoms with van der Waals surface area (Å²) in [5.74, 6) is 0. The molecule has 0 aliphatic heterocycles. The average molecular weight is 727 g/mol. The summed E-state index contributed by atoms with van der Waals surface area (Å²) >= 11 is 0. The van der Waals surface area contributed by atoms with Crippen LogP contribution in [-0.4, -0.2) is 37.0 Å². The SMILES string of the molecule is C[C@]([O-])(C[C@@](C)([O-])c1ccccn1)c1ccccn1.C[C@]([O-])(C[C@@](C)([O-])c1ccccn1)c1ccccn1.O.O.O=C([O-])[O-].[Co+3].[Co+3]. The van der Waals surface area contributed by atoms with E-state index in [-0.39, 0.29) is 57.4 Å². The Morgan fingerprint density at radius 2 is 0.674 bits per heavy atom. The van der Waals surface area contributed by atoms with E-state index in [1.165, 1.54) is 27.7 Å². The first-order valence-corrected chi connectivity index (χ1v) is 12.9. The van der Waals surface area contributed by atoms with Gasteiger partial charge in [0, 0.05) is 47.6 Å². The molecule has 0 spiro atoms. The topological polar surface area (TPSA) is 270 Å². The van der Waals surface area contributed by atoms with Crippen molar-refractivity contribution in [1.82, 2.24) is 19.9 Å². The Morgan fingerprint density at radius 3 is 0.804 bits per heavy atom. The van der Waals surface area contributed by atoms with Crippen molar-refractivity contribution in [2.45, 2.75) is 62.9 Å². The molecule has 0 amide bonds. The van der Waals surface area contributed by atoms with Crippen LogP contribution in [0.5, 0.6) is 0 Å². The van der Waals surface area contributed by atoms with Crippen molar-refractivity contribution in [3.8, 4) is 0 Å². The zero-order valence-electron chi connectivity index (χ0n) is 25.5. The van der Waals surface area contributed by atoms with E-state index in [1.807, 2.05) is 0 Å². The van der Waals surface area contributed by atoms with Crippen LogP contribution in [0.25, 0.3) is 0 Å². The maximum Gasteiger partial charge on any atom is 3.00 e. The van der Waals surface area contributed by atoms with Gasteiger partial charge in [-0.05, 0) is 54.7 Å². The zero-order valence-corrected chi connectivity index (χ0v) is 27.5. The van der Waals surface area contributed by atoms with E-state index < -0.39 is 28.6 Å². The molecule has 0 aliphatic rings. The van der Waals surface area contributed by atoms with Crippen molar-refractivity contribution in [1.29, 1.82) is 0 Å². The Bertz CT molecular complexity index is 1170. The third kappa shape index (κ3) is 15.3. The Hall–Kier alpha value is -3.36. The number of rotatable bonds is 8. The van der Waals surface area contributed by atoms with E-state index in [0.717, 1.165) is 0 Å². The summed E-state index contributed by atoms with van der Waals surface area (Å²) in [6, 6.07) is 20.6. The second-order valence-corrected chi connectivity index (χ2v) is 10.4. The van der Waals surface area contributed by atoms with E-state index in [4.69, 9.17) is 15.0 Å². The molecule has 15 heteroatoms. The molecule has 13 nitrogen and oxygen atoms in total. The molecule has 0 radical (unpaired) electrons. The molecular formula is C31H36Co2N4O9. The molecule has 4 N–H and O–H groups in total. The van der Waals surface area contributed by atoms with Crippen LogP contribution in [0.4, 0.5) is 4.79 Å². The molecule has 0 aliphatic carbocycles. The van der Waals surface area contributed by atoms with Gasteiger partial charge >= 0.3 is 33.6 Å². The first-order chi connectivity index (χ1) is 19.6. The smallest absolute Gasteiger partial charge is 0.845 e. The predicted octanol–water partition coefficient (Wildman–Crippen LogP) is -2.67. The number of nitrogens with zero attached hydrogens (tertiary/aromatic N) is 4. The van der Waals surface area contributed by atoms with Crippen molar-refractivity contribution in [2.75, 3.05) is 0 Å². The minimum absolute atomic E-state index is 0. The van der Waals surface area contributed by atoms with Gasteiger partial charge in [-0.25, -0.2) is 0 Å². The molecule has 4 rings (SSSR count). The van der Waals surface area contributed by atoms with Gasteiger partial charge in [0.1, 0.15) is 0 Å². The number of hydrogen-bond acceptors (Lipinski definition) is 11. The van der Waals surface area contributed by atoms with Crippen LogP contribution >= 0.6 is 0 Å². The van der Waals surface area contributed by atoms with Crippen molar-refractivity contribution in [2.24, 2.45) is 0 Å². The van der Waals surface area contributed by atoms with Crippen molar-refractivity contribution in [3.63, 3.8) is 0 Å². The minimum Gasteiger partial charge on any atom is -0.845 e. The van der Waals surface area contributed by atoms with Crippen LogP contribution in [-0.2, 0) is 56.0 Å². The Balaban J connectivity index is -0.000000668. The molecule has 4 aromatic rings. The maximum atomic E-state index is 12.6. The quantitative estimate of drug-likeness (QED) is 0.181. The summed E-state index contributed by atoms with van der Waals surface area (Å²) in [5, 5.41) is 67.1. The Labute approximate surface area is 288 Å². The first kappa shape index (κ1) is 47.1. The number of aromatic nitrogens is 4. The van der Waals surface area contributed by atoms with E-state index >= 15 is 0 Å². The third-order valence-electron chi connectivity index (χ3n) is 6.18. The van der Waals surface area contributed by atoms with Crippen LogP contribution in [0.15, 0.2) is 97.6 Å². The maximum absolute atomic E-state index is 12.6. The van der Waals surface area contributed by atoms with Crippen molar-refractivity contribution >= 4 is 6.16 Å². The van der Waals surface area contributed by atoms with Crippen molar-refractivity contribution < 1.29 is 79.9 Å². The first-order valence-electron chi connectivity index (χ1n) is 12.9. The van der Waals surface area contributed by atoms with Gasteiger partial charge in [-0.3, -0.25) is 19.9 Å². The van der Waals surface area contributed by atoms with Gasteiger partial charge in [-0.2, -0.15) is 0 Å². The predicted molar refractivity (Wildman–Crippen MR) is 148 cm³/mol. The molecule has 4 heterocycles. The summed E-state index contributed by atoms with van der Waals surface area (Å²) < 4.78 is 0. The van der Waals surface area contributed by atoms with Gasteiger partial charge < -0.3 is 46.4 Å². The molecule has 0 saturated heterocycles. The second kappa shape index (κ2) is 20.7. The van der Waals surface area contributed by atoms with Gasteiger partial charge in [-0.1, -0.05) is 87.2 Å². The van der Waals surface area contributed by atoms with E-state index in [1.54, 1.807) is 97.6 Å². The molecule has 0 aromatic carbocycles. The van der Waals surface area contributed by atoms with Crippen molar-refractivity contribution in [3.05, 3.63) is 120 Å². The molecule has 0 fully saturated rings. The fourth-order valence-electron chi connectivity index (χ4n) is 4.35. The summed E-state index contributed by atoms with van der Waals surface area (Å²) in [6.45, 7) is 5.98. The molecular weight excluding hydrogens is 690 g/mol.